The van der Waals surface area contributed by atoms with Crippen molar-refractivity contribution in [1.82, 2.24) is 4.98 Å². The third-order valence-corrected chi connectivity index (χ3v) is 6.59. The van der Waals surface area contributed by atoms with Gasteiger partial charge in [0, 0.05) is 16.1 Å². The second kappa shape index (κ2) is 8.39. The van der Waals surface area contributed by atoms with Crippen LogP contribution in [0, 0.1) is 27.7 Å². The molecule has 0 saturated heterocycles. The number of anilines is 2. The first-order valence-electron chi connectivity index (χ1n) is 10.6. The average molecular weight is 450 g/mol. The van der Waals surface area contributed by atoms with Crippen LogP contribution in [0.5, 0.6) is 5.75 Å². The molecule has 1 N–H and O–H groups in total. The molecule has 2 amide bonds. The summed E-state index contributed by atoms with van der Waals surface area (Å²) in [7, 11) is 0. The van der Waals surface area contributed by atoms with Crippen LogP contribution in [0.2, 0.25) is 0 Å². The number of ether oxygens (including phenoxy) is 1. The summed E-state index contributed by atoms with van der Waals surface area (Å²) >= 11 is 1.63. The summed E-state index contributed by atoms with van der Waals surface area (Å²) in [4.78, 5) is 33.6. The van der Waals surface area contributed by atoms with Gasteiger partial charge >= 0.3 is 0 Å². The van der Waals surface area contributed by atoms with Gasteiger partial charge in [-0.3, -0.25) is 14.5 Å². The molecular formula is C25H27N3O3S. The zero-order chi connectivity index (χ0) is 23.2. The standard InChI is InChI=1S/C25H27N3O3S/c1-13-7-8-14(2)20(11-13)27-24(29)15(3)28-21-12-19(23-17(5)32-18(6)26-23)9-10-22(21)31-16(4)25(28)30/h7-12,15-16H,1-6H3,(H,27,29). The number of amides is 2. The molecule has 1 aromatic heterocycles. The van der Waals surface area contributed by atoms with Crippen LogP contribution in [-0.2, 0) is 9.59 Å². The van der Waals surface area contributed by atoms with Crippen LogP contribution < -0.4 is 15.0 Å². The Bertz CT molecular complexity index is 1220. The molecule has 166 valence electrons. The van der Waals surface area contributed by atoms with Gasteiger partial charge in [-0.15, -0.1) is 11.3 Å². The van der Waals surface area contributed by atoms with Crippen LogP contribution >= 0.6 is 11.3 Å². The van der Waals surface area contributed by atoms with Gasteiger partial charge in [-0.2, -0.15) is 0 Å². The summed E-state index contributed by atoms with van der Waals surface area (Å²) in [6.45, 7) is 11.4. The number of aryl methyl sites for hydroxylation is 4. The highest BCUT2D eigenvalue weighted by Crippen LogP contribution is 2.40. The lowest BCUT2D eigenvalue weighted by Crippen LogP contribution is -2.52. The lowest BCUT2D eigenvalue weighted by Gasteiger charge is -2.36. The monoisotopic (exact) mass is 449 g/mol. The van der Waals surface area contributed by atoms with E-state index in [1.54, 1.807) is 30.1 Å². The summed E-state index contributed by atoms with van der Waals surface area (Å²) < 4.78 is 5.84. The second-order valence-electron chi connectivity index (χ2n) is 8.27. The number of fused-ring (bicyclic) bond motifs is 1. The Balaban J connectivity index is 1.71. The van der Waals surface area contributed by atoms with E-state index < -0.39 is 12.1 Å². The zero-order valence-corrected chi connectivity index (χ0v) is 20.0. The molecule has 0 spiro atoms. The van der Waals surface area contributed by atoms with Crippen LogP contribution in [0.3, 0.4) is 0 Å². The summed E-state index contributed by atoms with van der Waals surface area (Å²) in [6.07, 6.45) is -0.674. The van der Waals surface area contributed by atoms with Crippen LogP contribution in [0.4, 0.5) is 11.4 Å². The van der Waals surface area contributed by atoms with E-state index in [-0.39, 0.29) is 11.8 Å². The maximum Gasteiger partial charge on any atom is 0.268 e. The second-order valence-corrected chi connectivity index (χ2v) is 9.68. The van der Waals surface area contributed by atoms with Crippen molar-refractivity contribution < 1.29 is 14.3 Å². The molecule has 0 radical (unpaired) electrons. The van der Waals surface area contributed by atoms with Gasteiger partial charge in [0.05, 0.1) is 16.4 Å². The van der Waals surface area contributed by atoms with E-state index in [0.29, 0.717) is 11.4 Å². The smallest absolute Gasteiger partial charge is 0.268 e. The van der Waals surface area contributed by atoms with Crippen LogP contribution in [0.15, 0.2) is 36.4 Å². The fourth-order valence-corrected chi connectivity index (χ4v) is 4.77. The number of benzene rings is 2. The lowest BCUT2D eigenvalue weighted by molar-refractivity contribution is -0.128. The minimum absolute atomic E-state index is 0.246. The van der Waals surface area contributed by atoms with Crippen LogP contribution in [0.25, 0.3) is 11.3 Å². The average Bonchev–Trinajstić information content (AvgIpc) is 3.09. The number of hydrogen-bond donors (Lipinski definition) is 1. The van der Waals surface area contributed by atoms with Crippen molar-refractivity contribution in [2.75, 3.05) is 10.2 Å². The Morgan fingerprint density at radius 2 is 1.91 bits per heavy atom. The first kappa shape index (κ1) is 22.0. The minimum atomic E-state index is -0.721. The molecule has 0 bridgehead atoms. The number of hydrogen-bond acceptors (Lipinski definition) is 5. The Morgan fingerprint density at radius 3 is 2.59 bits per heavy atom. The number of aromatic nitrogens is 1. The van der Waals surface area contributed by atoms with Crippen LogP contribution in [0.1, 0.15) is 34.9 Å². The van der Waals surface area contributed by atoms with E-state index in [1.165, 1.54) is 0 Å². The van der Waals surface area contributed by atoms with Gasteiger partial charge in [0.25, 0.3) is 5.91 Å². The first-order valence-corrected chi connectivity index (χ1v) is 11.4. The van der Waals surface area contributed by atoms with Gasteiger partial charge in [-0.25, -0.2) is 4.98 Å². The predicted molar refractivity (Wildman–Crippen MR) is 129 cm³/mol. The molecule has 2 heterocycles. The van der Waals surface area contributed by atoms with Crippen molar-refractivity contribution >= 4 is 34.5 Å². The Morgan fingerprint density at radius 1 is 1.16 bits per heavy atom. The highest BCUT2D eigenvalue weighted by atomic mass is 32.1. The zero-order valence-electron chi connectivity index (χ0n) is 19.1. The summed E-state index contributed by atoms with van der Waals surface area (Å²) in [5.41, 5.74) is 5.13. The Labute approximate surface area is 192 Å². The molecular weight excluding hydrogens is 422 g/mol. The first-order chi connectivity index (χ1) is 15.2. The molecule has 2 aromatic carbocycles. The maximum atomic E-state index is 13.2. The highest BCUT2D eigenvalue weighted by Gasteiger charge is 2.37. The number of thiazole rings is 1. The molecule has 0 fully saturated rings. The summed E-state index contributed by atoms with van der Waals surface area (Å²) in [5.74, 6) is 0.0828. The third-order valence-electron chi connectivity index (χ3n) is 5.70. The van der Waals surface area contributed by atoms with E-state index in [2.05, 4.69) is 10.3 Å². The van der Waals surface area contributed by atoms with Gasteiger partial charge in [-0.1, -0.05) is 12.1 Å². The molecule has 0 saturated carbocycles. The molecule has 6 nitrogen and oxygen atoms in total. The maximum absolute atomic E-state index is 13.2. The normalized spacial score (nSPS) is 16.4. The number of carbonyl (C=O) groups excluding carboxylic acids is 2. The van der Waals surface area contributed by atoms with Crippen molar-refractivity contribution in [2.24, 2.45) is 0 Å². The molecule has 1 aliphatic rings. The molecule has 4 rings (SSSR count). The number of nitrogens with zero attached hydrogens (tertiary/aromatic N) is 2. The van der Waals surface area contributed by atoms with Crippen molar-refractivity contribution in [3.63, 3.8) is 0 Å². The molecule has 1 aliphatic heterocycles. The van der Waals surface area contributed by atoms with E-state index in [0.717, 1.165) is 38.0 Å². The SMILES string of the molecule is Cc1ccc(C)c(NC(=O)C(C)N2C(=O)C(C)Oc3ccc(-c4nc(C)sc4C)cc32)c1. The van der Waals surface area contributed by atoms with Crippen molar-refractivity contribution in [1.29, 1.82) is 0 Å². The van der Waals surface area contributed by atoms with E-state index in [1.807, 2.05) is 64.1 Å². The summed E-state index contributed by atoms with van der Waals surface area (Å²) in [5, 5.41) is 3.97. The van der Waals surface area contributed by atoms with Crippen molar-refractivity contribution in [3.05, 3.63) is 57.4 Å². The van der Waals surface area contributed by atoms with Gasteiger partial charge in [0.2, 0.25) is 5.91 Å². The predicted octanol–water partition coefficient (Wildman–Crippen LogP) is 5.18. The quantitative estimate of drug-likeness (QED) is 0.595. The van der Waals surface area contributed by atoms with Gasteiger partial charge in [-0.05, 0) is 76.9 Å². The highest BCUT2D eigenvalue weighted by molar-refractivity contribution is 7.11. The molecule has 3 aromatic rings. The van der Waals surface area contributed by atoms with E-state index >= 15 is 0 Å². The summed E-state index contributed by atoms with van der Waals surface area (Å²) in [6, 6.07) is 10.9. The number of nitrogens with one attached hydrogen (secondary N) is 1. The van der Waals surface area contributed by atoms with Crippen molar-refractivity contribution in [3.8, 4) is 17.0 Å². The van der Waals surface area contributed by atoms with Gasteiger partial charge in [0.1, 0.15) is 11.8 Å². The van der Waals surface area contributed by atoms with E-state index in [9.17, 15) is 9.59 Å². The molecule has 2 unspecified atom stereocenters. The minimum Gasteiger partial charge on any atom is -0.479 e. The number of carbonyl (C=O) groups is 2. The number of rotatable bonds is 4. The third kappa shape index (κ3) is 4.00. The fraction of sp³-hybridized carbons (Fsp3) is 0.320. The molecule has 32 heavy (non-hydrogen) atoms. The largest absolute Gasteiger partial charge is 0.479 e. The van der Waals surface area contributed by atoms with Gasteiger partial charge < -0.3 is 10.1 Å². The Hall–Kier alpha value is -3.19. The molecule has 2 atom stereocenters. The topological polar surface area (TPSA) is 71.5 Å². The Kier molecular flexibility index (Phi) is 5.77. The van der Waals surface area contributed by atoms with Crippen molar-refractivity contribution in [2.45, 2.75) is 53.7 Å². The van der Waals surface area contributed by atoms with E-state index in [4.69, 9.17) is 4.74 Å². The fourth-order valence-electron chi connectivity index (χ4n) is 3.93. The lowest BCUT2D eigenvalue weighted by atomic mass is 10.0. The van der Waals surface area contributed by atoms with Gasteiger partial charge in [0.15, 0.2) is 6.10 Å². The molecule has 7 heteroatoms. The molecule has 0 aliphatic carbocycles. The van der Waals surface area contributed by atoms with Crippen LogP contribution in [-0.4, -0.2) is 28.9 Å².